The van der Waals surface area contributed by atoms with Crippen LogP contribution in [0.3, 0.4) is 0 Å². The monoisotopic (exact) mass is 251 g/mol. The van der Waals surface area contributed by atoms with E-state index in [1.54, 1.807) is 0 Å². The van der Waals surface area contributed by atoms with Crippen molar-refractivity contribution in [2.45, 2.75) is 76.9 Å². The standard InChI is InChI=1S/C16H29NO/c1-15(2,18)14(17)3-4-16-8-11-5-12(9-16)7-13(6-11)10-16/h11-14,18H,3-10,17H2,1-2H3. The van der Waals surface area contributed by atoms with Crippen LogP contribution in [0.25, 0.3) is 0 Å². The third-order valence-corrected chi connectivity index (χ3v) is 6.06. The highest BCUT2D eigenvalue weighted by Gasteiger charge is 2.50. The van der Waals surface area contributed by atoms with Crippen molar-refractivity contribution in [3.8, 4) is 0 Å². The van der Waals surface area contributed by atoms with E-state index in [2.05, 4.69) is 0 Å². The van der Waals surface area contributed by atoms with Crippen molar-refractivity contribution in [1.82, 2.24) is 0 Å². The Morgan fingerprint density at radius 1 is 1.11 bits per heavy atom. The van der Waals surface area contributed by atoms with Crippen molar-refractivity contribution >= 4 is 0 Å². The second kappa shape index (κ2) is 4.21. The average Bonchev–Trinajstić information content (AvgIpc) is 2.22. The molecule has 1 unspecified atom stereocenters. The number of aliphatic hydroxyl groups is 1. The van der Waals surface area contributed by atoms with E-state index in [0.29, 0.717) is 5.41 Å². The average molecular weight is 251 g/mol. The fraction of sp³-hybridized carbons (Fsp3) is 1.00. The summed E-state index contributed by atoms with van der Waals surface area (Å²) in [4.78, 5) is 0. The molecule has 18 heavy (non-hydrogen) atoms. The Balaban J connectivity index is 1.62. The predicted molar refractivity (Wildman–Crippen MR) is 74.1 cm³/mol. The van der Waals surface area contributed by atoms with Gasteiger partial charge in [-0.1, -0.05) is 0 Å². The molecule has 0 aromatic heterocycles. The Labute approximate surface area is 111 Å². The van der Waals surface area contributed by atoms with E-state index in [1.165, 1.54) is 44.9 Å². The minimum atomic E-state index is -0.720. The summed E-state index contributed by atoms with van der Waals surface area (Å²) in [6.45, 7) is 3.69. The minimum absolute atomic E-state index is 0.0643. The van der Waals surface area contributed by atoms with Crippen LogP contribution in [0.15, 0.2) is 0 Å². The van der Waals surface area contributed by atoms with Crippen LogP contribution in [0.4, 0.5) is 0 Å². The third-order valence-electron chi connectivity index (χ3n) is 6.06. The molecule has 0 radical (unpaired) electrons. The number of hydrogen-bond acceptors (Lipinski definition) is 2. The van der Waals surface area contributed by atoms with Gasteiger partial charge in [0.25, 0.3) is 0 Å². The fourth-order valence-corrected chi connectivity index (χ4v) is 5.41. The highest BCUT2D eigenvalue weighted by Crippen LogP contribution is 2.61. The maximum absolute atomic E-state index is 9.97. The molecule has 4 rings (SSSR count). The molecule has 2 heteroatoms. The van der Waals surface area contributed by atoms with Gasteiger partial charge in [-0.25, -0.2) is 0 Å². The maximum Gasteiger partial charge on any atom is 0.0741 e. The second-order valence-electron chi connectivity index (χ2n) is 8.22. The first-order valence-corrected chi connectivity index (χ1v) is 7.84. The van der Waals surface area contributed by atoms with Crippen molar-refractivity contribution in [3.63, 3.8) is 0 Å². The molecular weight excluding hydrogens is 222 g/mol. The van der Waals surface area contributed by atoms with Gasteiger partial charge in [0, 0.05) is 6.04 Å². The summed E-state index contributed by atoms with van der Waals surface area (Å²) in [6.07, 6.45) is 11.1. The van der Waals surface area contributed by atoms with Crippen molar-refractivity contribution < 1.29 is 5.11 Å². The Morgan fingerprint density at radius 3 is 1.94 bits per heavy atom. The summed E-state index contributed by atoms with van der Waals surface area (Å²) >= 11 is 0. The molecule has 0 aromatic rings. The van der Waals surface area contributed by atoms with Gasteiger partial charge < -0.3 is 10.8 Å². The highest BCUT2D eigenvalue weighted by molar-refractivity contribution is 5.01. The number of hydrogen-bond donors (Lipinski definition) is 2. The van der Waals surface area contributed by atoms with E-state index in [-0.39, 0.29) is 6.04 Å². The zero-order chi connectivity index (χ0) is 13.0. The Morgan fingerprint density at radius 2 is 1.56 bits per heavy atom. The van der Waals surface area contributed by atoms with E-state index in [0.717, 1.165) is 24.2 Å². The molecule has 0 aliphatic heterocycles. The largest absolute Gasteiger partial charge is 0.389 e. The molecule has 1 atom stereocenters. The normalized spacial score (nSPS) is 44.3. The van der Waals surface area contributed by atoms with Gasteiger partial charge in [0.2, 0.25) is 0 Å². The molecule has 3 N–H and O–H groups in total. The minimum Gasteiger partial charge on any atom is -0.389 e. The van der Waals surface area contributed by atoms with Crippen molar-refractivity contribution in [2.24, 2.45) is 28.9 Å². The topological polar surface area (TPSA) is 46.2 Å². The Kier molecular flexibility index (Phi) is 3.02. The Bertz CT molecular complexity index is 282. The fourth-order valence-electron chi connectivity index (χ4n) is 5.41. The van der Waals surface area contributed by atoms with Crippen LogP contribution in [0.5, 0.6) is 0 Å². The SMILES string of the molecule is CC(C)(O)C(N)CCC12CC3CC(CC(C3)C1)C2. The summed E-state index contributed by atoms with van der Waals surface area (Å²) < 4.78 is 0. The van der Waals surface area contributed by atoms with E-state index in [1.807, 2.05) is 13.8 Å². The Hall–Kier alpha value is -0.0800. The molecule has 0 amide bonds. The van der Waals surface area contributed by atoms with Gasteiger partial charge in [0.15, 0.2) is 0 Å². The van der Waals surface area contributed by atoms with E-state index in [9.17, 15) is 5.11 Å². The molecule has 0 spiro atoms. The summed E-state index contributed by atoms with van der Waals surface area (Å²) in [7, 11) is 0. The van der Waals surface area contributed by atoms with Crippen LogP contribution in [-0.4, -0.2) is 16.7 Å². The summed E-state index contributed by atoms with van der Waals surface area (Å²) in [5, 5.41) is 9.97. The van der Waals surface area contributed by atoms with Crippen molar-refractivity contribution in [2.75, 3.05) is 0 Å². The first-order chi connectivity index (χ1) is 8.36. The highest BCUT2D eigenvalue weighted by atomic mass is 16.3. The van der Waals surface area contributed by atoms with Crippen LogP contribution in [0.2, 0.25) is 0 Å². The van der Waals surface area contributed by atoms with Crippen LogP contribution >= 0.6 is 0 Å². The van der Waals surface area contributed by atoms with Gasteiger partial charge in [-0.15, -0.1) is 0 Å². The van der Waals surface area contributed by atoms with Gasteiger partial charge in [-0.3, -0.25) is 0 Å². The first-order valence-electron chi connectivity index (χ1n) is 7.84. The van der Waals surface area contributed by atoms with Gasteiger partial charge >= 0.3 is 0 Å². The molecule has 4 saturated carbocycles. The summed E-state index contributed by atoms with van der Waals surface area (Å²) in [5.41, 5.74) is 6.02. The number of nitrogens with two attached hydrogens (primary N) is 1. The predicted octanol–water partition coefficient (Wildman–Crippen LogP) is 3.08. The molecule has 4 bridgehead atoms. The maximum atomic E-state index is 9.97. The van der Waals surface area contributed by atoms with Crippen molar-refractivity contribution in [1.29, 1.82) is 0 Å². The van der Waals surface area contributed by atoms with E-state index in [4.69, 9.17) is 5.73 Å². The lowest BCUT2D eigenvalue weighted by Gasteiger charge is -2.57. The van der Waals surface area contributed by atoms with E-state index < -0.39 is 5.60 Å². The van der Waals surface area contributed by atoms with Gasteiger partial charge in [0.05, 0.1) is 5.60 Å². The van der Waals surface area contributed by atoms with Crippen LogP contribution < -0.4 is 5.73 Å². The number of rotatable bonds is 4. The zero-order valence-electron chi connectivity index (χ0n) is 12.0. The van der Waals surface area contributed by atoms with Crippen LogP contribution in [-0.2, 0) is 0 Å². The van der Waals surface area contributed by atoms with Crippen LogP contribution in [0.1, 0.15) is 65.2 Å². The second-order valence-corrected chi connectivity index (χ2v) is 8.22. The molecule has 4 fully saturated rings. The molecule has 104 valence electrons. The molecule has 4 aliphatic carbocycles. The molecule has 0 saturated heterocycles. The van der Waals surface area contributed by atoms with Gasteiger partial charge in [0.1, 0.15) is 0 Å². The lowest BCUT2D eigenvalue weighted by Crippen LogP contribution is -2.48. The smallest absolute Gasteiger partial charge is 0.0741 e. The molecule has 0 aromatic carbocycles. The first kappa shape index (κ1) is 12.9. The van der Waals surface area contributed by atoms with Crippen LogP contribution in [0, 0.1) is 23.2 Å². The quantitative estimate of drug-likeness (QED) is 0.806. The molecule has 2 nitrogen and oxygen atoms in total. The summed E-state index contributed by atoms with van der Waals surface area (Å²) in [6, 6.07) is -0.0643. The molecule has 4 aliphatic rings. The summed E-state index contributed by atoms with van der Waals surface area (Å²) in [5.74, 6) is 3.07. The third kappa shape index (κ3) is 2.34. The lowest BCUT2D eigenvalue weighted by atomic mass is 9.48. The van der Waals surface area contributed by atoms with E-state index >= 15 is 0 Å². The van der Waals surface area contributed by atoms with Gasteiger partial charge in [-0.05, 0) is 88.4 Å². The zero-order valence-corrected chi connectivity index (χ0v) is 12.0. The molecular formula is C16H29NO. The van der Waals surface area contributed by atoms with Gasteiger partial charge in [-0.2, -0.15) is 0 Å². The van der Waals surface area contributed by atoms with Crippen molar-refractivity contribution in [3.05, 3.63) is 0 Å². The molecule has 0 heterocycles. The lowest BCUT2D eigenvalue weighted by molar-refractivity contribution is -0.0624.